The van der Waals surface area contributed by atoms with Crippen molar-refractivity contribution in [1.82, 2.24) is 4.98 Å². The van der Waals surface area contributed by atoms with Crippen LogP contribution in [0.5, 0.6) is 0 Å². The van der Waals surface area contributed by atoms with Crippen LogP contribution < -0.4 is 0 Å². The molecule has 2 atom stereocenters. The van der Waals surface area contributed by atoms with Crippen molar-refractivity contribution in [3.05, 3.63) is 58.9 Å². The second kappa shape index (κ2) is 9.93. The standard InChI is InChI=1S/C30H34FNO4S/c1-29(2,3)36-26(33)15-22-14-21(34-30(4,5)35-22)12-13-23-24(18-6-7-18)16-25-28(37-17-32-25)27(23)19-8-10-20(31)11-9-19/h8-13,16-18,21-22H,6-7,14-15H2,1-5H3/b13-12+/t21-,22-/m1/s1. The molecule has 0 unspecified atom stereocenters. The molecule has 1 aliphatic carbocycles. The topological polar surface area (TPSA) is 57.7 Å². The second-order valence-electron chi connectivity index (χ2n) is 11.4. The molecule has 2 fully saturated rings. The third-order valence-corrected chi connectivity index (χ3v) is 7.38. The van der Waals surface area contributed by atoms with Gasteiger partial charge in [0.1, 0.15) is 11.4 Å². The molecule has 1 aromatic heterocycles. The summed E-state index contributed by atoms with van der Waals surface area (Å²) in [4.78, 5) is 17.1. The van der Waals surface area contributed by atoms with Crippen molar-refractivity contribution in [3.63, 3.8) is 0 Å². The lowest BCUT2D eigenvalue weighted by Gasteiger charge is -2.39. The summed E-state index contributed by atoms with van der Waals surface area (Å²) in [5.41, 5.74) is 6.75. The lowest BCUT2D eigenvalue weighted by atomic mass is 9.91. The molecule has 1 aliphatic heterocycles. The summed E-state index contributed by atoms with van der Waals surface area (Å²) in [6.45, 7) is 9.33. The lowest BCUT2D eigenvalue weighted by molar-refractivity contribution is -0.290. The molecule has 0 spiro atoms. The molecule has 2 heterocycles. The first-order valence-electron chi connectivity index (χ1n) is 12.9. The van der Waals surface area contributed by atoms with Gasteiger partial charge in [0.25, 0.3) is 0 Å². The Morgan fingerprint density at radius 1 is 1.22 bits per heavy atom. The van der Waals surface area contributed by atoms with Gasteiger partial charge in [0.05, 0.1) is 34.4 Å². The highest BCUT2D eigenvalue weighted by molar-refractivity contribution is 7.17. The van der Waals surface area contributed by atoms with Gasteiger partial charge in [-0.25, -0.2) is 9.37 Å². The molecule has 196 valence electrons. The van der Waals surface area contributed by atoms with E-state index >= 15 is 0 Å². The number of esters is 1. The van der Waals surface area contributed by atoms with E-state index in [0.717, 1.165) is 39.7 Å². The Labute approximate surface area is 221 Å². The fourth-order valence-electron chi connectivity index (χ4n) is 5.02. The molecule has 3 aromatic rings. The van der Waals surface area contributed by atoms with Crippen molar-refractivity contribution in [3.8, 4) is 11.1 Å². The van der Waals surface area contributed by atoms with E-state index in [1.165, 1.54) is 17.7 Å². The normalized spacial score (nSPS) is 22.0. The van der Waals surface area contributed by atoms with Gasteiger partial charge in [0.2, 0.25) is 0 Å². The molecule has 2 aromatic carbocycles. The number of fused-ring (bicyclic) bond motifs is 1. The number of hydrogen-bond donors (Lipinski definition) is 0. The highest BCUT2D eigenvalue weighted by atomic mass is 32.1. The van der Waals surface area contributed by atoms with E-state index in [2.05, 4.69) is 23.2 Å². The smallest absolute Gasteiger partial charge is 0.308 e. The average Bonchev–Trinajstić information content (AvgIpc) is 3.52. The fourth-order valence-corrected chi connectivity index (χ4v) is 5.87. The maximum Gasteiger partial charge on any atom is 0.308 e. The molecule has 1 saturated carbocycles. The highest BCUT2D eigenvalue weighted by Gasteiger charge is 2.36. The third-order valence-electron chi connectivity index (χ3n) is 6.52. The van der Waals surface area contributed by atoms with Gasteiger partial charge in [0.15, 0.2) is 5.79 Å². The molecule has 7 heteroatoms. The van der Waals surface area contributed by atoms with Crippen molar-refractivity contribution in [2.45, 2.75) is 89.8 Å². The largest absolute Gasteiger partial charge is 0.460 e. The number of benzene rings is 2. The van der Waals surface area contributed by atoms with Gasteiger partial charge >= 0.3 is 5.97 Å². The lowest BCUT2D eigenvalue weighted by Crippen LogP contribution is -2.45. The first-order chi connectivity index (χ1) is 17.5. The van der Waals surface area contributed by atoms with Crippen LogP contribution in [0.2, 0.25) is 0 Å². The quantitative estimate of drug-likeness (QED) is 0.311. The van der Waals surface area contributed by atoms with E-state index in [9.17, 15) is 9.18 Å². The van der Waals surface area contributed by atoms with Crippen molar-refractivity contribution in [2.24, 2.45) is 0 Å². The van der Waals surface area contributed by atoms with Crippen LogP contribution in [0.4, 0.5) is 4.39 Å². The number of ether oxygens (including phenoxy) is 3. The van der Waals surface area contributed by atoms with Gasteiger partial charge in [-0.15, -0.1) is 11.3 Å². The third kappa shape index (κ3) is 6.28. The van der Waals surface area contributed by atoms with Crippen LogP contribution in [-0.4, -0.2) is 34.5 Å². The number of halogens is 1. The molecule has 2 aliphatic rings. The summed E-state index contributed by atoms with van der Waals surface area (Å²) in [6.07, 6.45) is 6.70. The van der Waals surface area contributed by atoms with Gasteiger partial charge in [-0.3, -0.25) is 4.79 Å². The first kappa shape index (κ1) is 26.0. The maximum absolute atomic E-state index is 13.8. The number of thiazole rings is 1. The van der Waals surface area contributed by atoms with Crippen LogP contribution in [0.15, 0.2) is 41.9 Å². The molecular formula is C30H34FNO4S. The zero-order valence-electron chi connectivity index (χ0n) is 22.0. The van der Waals surface area contributed by atoms with E-state index in [0.29, 0.717) is 12.3 Å². The van der Waals surface area contributed by atoms with Crippen LogP contribution in [0.1, 0.15) is 77.3 Å². The molecule has 5 nitrogen and oxygen atoms in total. The minimum atomic E-state index is -0.833. The van der Waals surface area contributed by atoms with Crippen LogP contribution in [-0.2, 0) is 19.0 Å². The van der Waals surface area contributed by atoms with Crippen LogP contribution in [0.3, 0.4) is 0 Å². The van der Waals surface area contributed by atoms with Crippen molar-refractivity contribution in [2.75, 3.05) is 0 Å². The van der Waals surface area contributed by atoms with Gasteiger partial charge in [0, 0.05) is 12.0 Å². The Morgan fingerprint density at radius 3 is 2.62 bits per heavy atom. The summed E-state index contributed by atoms with van der Waals surface area (Å²) in [5, 5.41) is 0. The van der Waals surface area contributed by atoms with Crippen molar-refractivity contribution >= 4 is 33.6 Å². The number of carbonyl (C=O) groups excluding carboxylic acids is 1. The van der Waals surface area contributed by atoms with Gasteiger partial charge in [-0.05, 0) is 88.3 Å². The Morgan fingerprint density at radius 2 is 1.95 bits per heavy atom. The first-order valence-corrected chi connectivity index (χ1v) is 13.8. The number of carbonyl (C=O) groups is 1. The maximum atomic E-state index is 13.8. The van der Waals surface area contributed by atoms with E-state index in [1.54, 1.807) is 11.3 Å². The molecule has 0 amide bonds. The Kier molecular flexibility index (Phi) is 6.98. The summed E-state index contributed by atoms with van der Waals surface area (Å²) in [7, 11) is 0. The van der Waals surface area contributed by atoms with E-state index in [1.807, 2.05) is 52.3 Å². The fraction of sp³-hybridized carbons (Fsp3) is 0.467. The van der Waals surface area contributed by atoms with Crippen molar-refractivity contribution in [1.29, 1.82) is 0 Å². The predicted octanol–water partition coefficient (Wildman–Crippen LogP) is 7.64. The van der Waals surface area contributed by atoms with Crippen LogP contribution in [0, 0.1) is 5.82 Å². The molecular weight excluding hydrogens is 489 g/mol. The second-order valence-corrected chi connectivity index (χ2v) is 12.3. The summed E-state index contributed by atoms with van der Waals surface area (Å²) in [6, 6.07) is 8.89. The zero-order chi connectivity index (χ0) is 26.4. The SMILES string of the molecule is CC(C)(C)OC(=O)C[C@H]1C[C@@H](/C=C/c2c(C3CC3)cc3ncsc3c2-c2ccc(F)cc2)OC(C)(C)O1. The number of nitrogens with zero attached hydrogens (tertiary/aromatic N) is 1. The minimum absolute atomic E-state index is 0.176. The van der Waals surface area contributed by atoms with Crippen LogP contribution in [0.25, 0.3) is 27.4 Å². The van der Waals surface area contributed by atoms with Crippen LogP contribution >= 0.6 is 11.3 Å². The molecule has 0 bridgehead atoms. The number of rotatable bonds is 6. The zero-order valence-corrected chi connectivity index (χ0v) is 22.9. The highest BCUT2D eigenvalue weighted by Crippen LogP contribution is 2.47. The average molecular weight is 524 g/mol. The number of aromatic nitrogens is 1. The number of hydrogen-bond acceptors (Lipinski definition) is 6. The Balaban J connectivity index is 1.48. The molecule has 5 rings (SSSR count). The summed E-state index contributed by atoms with van der Waals surface area (Å²) >= 11 is 1.60. The Bertz CT molecular complexity index is 1320. The molecule has 0 N–H and O–H groups in total. The molecule has 1 saturated heterocycles. The minimum Gasteiger partial charge on any atom is -0.460 e. The molecule has 37 heavy (non-hydrogen) atoms. The summed E-state index contributed by atoms with van der Waals surface area (Å²) in [5.74, 6) is -0.866. The van der Waals surface area contributed by atoms with Gasteiger partial charge in [-0.1, -0.05) is 24.3 Å². The predicted molar refractivity (Wildman–Crippen MR) is 145 cm³/mol. The van der Waals surface area contributed by atoms with E-state index in [4.69, 9.17) is 14.2 Å². The van der Waals surface area contributed by atoms with Gasteiger partial charge < -0.3 is 14.2 Å². The molecule has 0 radical (unpaired) electrons. The van der Waals surface area contributed by atoms with E-state index in [-0.39, 0.29) is 30.4 Å². The summed E-state index contributed by atoms with van der Waals surface area (Å²) < 4.78 is 32.7. The Hall–Kier alpha value is -2.61. The van der Waals surface area contributed by atoms with Crippen molar-refractivity contribution < 1.29 is 23.4 Å². The van der Waals surface area contributed by atoms with Gasteiger partial charge in [-0.2, -0.15) is 0 Å². The monoisotopic (exact) mass is 523 g/mol. The van der Waals surface area contributed by atoms with E-state index < -0.39 is 11.4 Å².